The van der Waals surface area contributed by atoms with Crippen LogP contribution in [0.4, 0.5) is 4.79 Å². The van der Waals surface area contributed by atoms with Crippen LogP contribution in [0.15, 0.2) is 31.1 Å². The molecular weight excluding hydrogens is 286 g/mol. The molecule has 1 aliphatic rings. The van der Waals surface area contributed by atoms with E-state index >= 15 is 0 Å². The zero-order chi connectivity index (χ0) is 15.8. The van der Waals surface area contributed by atoms with Crippen molar-refractivity contribution in [3.8, 4) is 0 Å². The van der Waals surface area contributed by atoms with Gasteiger partial charge in [0, 0.05) is 31.0 Å². The van der Waals surface area contributed by atoms with Crippen molar-refractivity contribution in [3.63, 3.8) is 0 Å². The highest BCUT2D eigenvalue weighted by molar-refractivity contribution is 5.65. The first-order chi connectivity index (χ1) is 10.7. The molecule has 1 aromatic heterocycles. The maximum absolute atomic E-state index is 10.8. The SMILES string of the molecule is C=C(NOCCOC1CCN(C(=O)O)CC1)c1ccncc1. The number of likely N-dealkylation sites (tertiary alicyclic amines) is 1. The molecule has 2 N–H and O–H groups in total. The van der Waals surface area contributed by atoms with Crippen molar-refractivity contribution in [1.29, 1.82) is 0 Å². The van der Waals surface area contributed by atoms with Gasteiger partial charge in [-0.3, -0.25) is 15.3 Å². The van der Waals surface area contributed by atoms with Crippen molar-refractivity contribution in [1.82, 2.24) is 15.4 Å². The van der Waals surface area contributed by atoms with E-state index in [4.69, 9.17) is 14.7 Å². The topological polar surface area (TPSA) is 83.9 Å². The Morgan fingerprint density at radius 3 is 2.68 bits per heavy atom. The molecule has 0 radical (unpaired) electrons. The second-order valence-corrected chi connectivity index (χ2v) is 5.00. The molecule has 1 fully saturated rings. The number of hydrogen-bond donors (Lipinski definition) is 2. The molecule has 22 heavy (non-hydrogen) atoms. The Labute approximate surface area is 129 Å². The number of carbonyl (C=O) groups is 1. The standard InChI is InChI=1S/C15H21N3O4/c1-12(13-2-6-16-7-3-13)17-22-11-10-21-14-4-8-18(9-5-14)15(19)20/h2-3,6-7,14,17H,1,4-5,8-11H2,(H,19,20). The number of aromatic nitrogens is 1. The maximum atomic E-state index is 10.8. The zero-order valence-electron chi connectivity index (χ0n) is 12.4. The Kier molecular flexibility index (Phi) is 6.17. The van der Waals surface area contributed by atoms with Gasteiger partial charge in [0.2, 0.25) is 0 Å². The van der Waals surface area contributed by atoms with Gasteiger partial charge in [-0.25, -0.2) is 4.79 Å². The van der Waals surface area contributed by atoms with Crippen LogP contribution in [0.5, 0.6) is 0 Å². The fourth-order valence-corrected chi connectivity index (χ4v) is 2.22. The smallest absolute Gasteiger partial charge is 0.407 e. The molecule has 0 saturated carbocycles. The average Bonchev–Trinajstić information content (AvgIpc) is 2.55. The third-order valence-electron chi connectivity index (χ3n) is 3.48. The summed E-state index contributed by atoms with van der Waals surface area (Å²) < 4.78 is 5.67. The summed E-state index contributed by atoms with van der Waals surface area (Å²) in [5, 5.41) is 8.86. The zero-order valence-corrected chi connectivity index (χ0v) is 12.4. The van der Waals surface area contributed by atoms with Gasteiger partial charge in [0.1, 0.15) is 0 Å². The third kappa shape index (κ3) is 5.01. The molecule has 1 amide bonds. The predicted molar refractivity (Wildman–Crippen MR) is 80.9 cm³/mol. The molecule has 7 nitrogen and oxygen atoms in total. The molecule has 1 aromatic rings. The molecule has 2 rings (SSSR count). The number of piperidine rings is 1. The highest BCUT2D eigenvalue weighted by Crippen LogP contribution is 2.13. The van der Waals surface area contributed by atoms with E-state index in [1.54, 1.807) is 12.4 Å². The van der Waals surface area contributed by atoms with E-state index < -0.39 is 6.09 Å². The van der Waals surface area contributed by atoms with Crippen LogP contribution < -0.4 is 5.48 Å². The number of ether oxygens (including phenoxy) is 1. The van der Waals surface area contributed by atoms with Crippen molar-refractivity contribution in [2.75, 3.05) is 26.3 Å². The molecule has 1 saturated heterocycles. The number of amides is 1. The summed E-state index contributed by atoms with van der Waals surface area (Å²) in [5.41, 5.74) is 4.35. The lowest BCUT2D eigenvalue weighted by molar-refractivity contribution is -0.0328. The number of hydroxylamine groups is 1. The summed E-state index contributed by atoms with van der Waals surface area (Å²) in [7, 11) is 0. The molecule has 0 aliphatic carbocycles. The highest BCUT2D eigenvalue weighted by atomic mass is 16.7. The minimum absolute atomic E-state index is 0.0996. The average molecular weight is 307 g/mol. The molecular formula is C15H21N3O4. The highest BCUT2D eigenvalue weighted by Gasteiger charge is 2.22. The minimum atomic E-state index is -0.861. The summed E-state index contributed by atoms with van der Waals surface area (Å²) in [4.78, 5) is 21.4. The quantitative estimate of drug-likeness (QED) is 0.589. The van der Waals surface area contributed by atoms with Gasteiger partial charge in [-0.2, -0.15) is 0 Å². The van der Waals surface area contributed by atoms with Crippen molar-refractivity contribution < 1.29 is 19.5 Å². The number of rotatable bonds is 7. The Bertz CT molecular complexity index is 487. The summed E-state index contributed by atoms with van der Waals surface area (Å²) in [6.45, 7) is 5.77. The van der Waals surface area contributed by atoms with Gasteiger partial charge < -0.3 is 14.7 Å². The van der Waals surface area contributed by atoms with Crippen LogP contribution >= 0.6 is 0 Å². The molecule has 7 heteroatoms. The van der Waals surface area contributed by atoms with Crippen molar-refractivity contribution in [2.45, 2.75) is 18.9 Å². The van der Waals surface area contributed by atoms with E-state index in [2.05, 4.69) is 17.0 Å². The maximum Gasteiger partial charge on any atom is 0.407 e. The lowest BCUT2D eigenvalue weighted by atomic mass is 10.1. The fraction of sp³-hybridized carbons (Fsp3) is 0.467. The Morgan fingerprint density at radius 1 is 1.36 bits per heavy atom. The molecule has 1 aliphatic heterocycles. The lowest BCUT2D eigenvalue weighted by Crippen LogP contribution is -2.40. The van der Waals surface area contributed by atoms with Gasteiger partial charge in [-0.1, -0.05) is 6.58 Å². The van der Waals surface area contributed by atoms with Gasteiger partial charge in [0.05, 0.1) is 25.0 Å². The number of hydrogen-bond acceptors (Lipinski definition) is 5. The van der Waals surface area contributed by atoms with Crippen LogP contribution in [-0.4, -0.2) is 53.5 Å². The number of carboxylic acid groups (broad SMARTS) is 1. The molecule has 0 spiro atoms. The summed E-state index contributed by atoms with van der Waals surface area (Å²) in [5.74, 6) is 0. The van der Waals surface area contributed by atoms with Crippen LogP contribution in [0.3, 0.4) is 0 Å². The van der Waals surface area contributed by atoms with E-state index in [1.165, 1.54) is 4.90 Å². The number of pyridine rings is 1. The summed E-state index contributed by atoms with van der Waals surface area (Å²) in [6, 6.07) is 3.68. The van der Waals surface area contributed by atoms with E-state index in [1.807, 2.05) is 12.1 Å². The van der Waals surface area contributed by atoms with E-state index in [0.29, 0.717) is 32.0 Å². The van der Waals surface area contributed by atoms with E-state index in [-0.39, 0.29) is 6.10 Å². The summed E-state index contributed by atoms with van der Waals surface area (Å²) >= 11 is 0. The Morgan fingerprint density at radius 2 is 2.05 bits per heavy atom. The monoisotopic (exact) mass is 307 g/mol. The first-order valence-electron chi connectivity index (χ1n) is 7.23. The Hall–Kier alpha value is -2.12. The second kappa shape index (κ2) is 8.35. The minimum Gasteiger partial charge on any atom is -0.465 e. The lowest BCUT2D eigenvalue weighted by Gasteiger charge is -2.29. The van der Waals surface area contributed by atoms with Gasteiger partial charge in [-0.05, 0) is 25.0 Å². The van der Waals surface area contributed by atoms with Gasteiger partial charge in [0.25, 0.3) is 0 Å². The van der Waals surface area contributed by atoms with Gasteiger partial charge in [-0.15, -0.1) is 0 Å². The van der Waals surface area contributed by atoms with Crippen LogP contribution in [0.1, 0.15) is 18.4 Å². The van der Waals surface area contributed by atoms with Gasteiger partial charge >= 0.3 is 6.09 Å². The number of nitrogens with zero attached hydrogens (tertiary/aromatic N) is 2. The third-order valence-corrected chi connectivity index (χ3v) is 3.48. The fourth-order valence-electron chi connectivity index (χ4n) is 2.22. The summed E-state index contributed by atoms with van der Waals surface area (Å²) in [6.07, 6.45) is 4.07. The second-order valence-electron chi connectivity index (χ2n) is 5.00. The van der Waals surface area contributed by atoms with Crippen LogP contribution in [0.25, 0.3) is 5.70 Å². The molecule has 0 aromatic carbocycles. The van der Waals surface area contributed by atoms with E-state index in [0.717, 1.165) is 18.4 Å². The van der Waals surface area contributed by atoms with Crippen LogP contribution in [0, 0.1) is 0 Å². The Balaban J connectivity index is 1.55. The molecule has 0 unspecified atom stereocenters. The molecule has 120 valence electrons. The van der Waals surface area contributed by atoms with E-state index in [9.17, 15) is 4.79 Å². The molecule has 0 atom stereocenters. The number of nitrogens with one attached hydrogen (secondary N) is 1. The molecule has 0 bridgehead atoms. The normalized spacial score (nSPS) is 15.5. The van der Waals surface area contributed by atoms with Gasteiger partial charge in [0.15, 0.2) is 0 Å². The molecule has 2 heterocycles. The first-order valence-corrected chi connectivity index (χ1v) is 7.23. The first kappa shape index (κ1) is 16.3. The van der Waals surface area contributed by atoms with Crippen molar-refractivity contribution in [3.05, 3.63) is 36.7 Å². The van der Waals surface area contributed by atoms with Crippen LogP contribution in [0.2, 0.25) is 0 Å². The van der Waals surface area contributed by atoms with Crippen LogP contribution in [-0.2, 0) is 9.57 Å². The van der Waals surface area contributed by atoms with Crippen molar-refractivity contribution in [2.24, 2.45) is 0 Å². The predicted octanol–water partition coefficient (Wildman–Crippen LogP) is 1.73. The van der Waals surface area contributed by atoms with Crippen molar-refractivity contribution >= 4 is 11.8 Å². The largest absolute Gasteiger partial charge is 0.465 e.